The Kier molecular flexibility index (Phi) is 5.84. The van der Waals surface area contributed by atoms with Gasteiger partial charge in [-0.2, -0.15) is 0 Å². The molecule has 0 aliphatic rings. The molecule has 1 aromatic heterocycles. The molecule has 1 heterocycles. The highest BCUT2D eigenvalue weighted by Crippen LogP contribution is 2.18. The lowest BCUT2D eigenvalue weighted by molar-refractivity contribution is 0.0977. The first kappa shape index (κ1) is 20.0. The fourth-order valence-corrected chi connectivity index (χ4v) is 3.04. The van der Waals surface area contributed by atoms with Gasteiger partial charge in [0, 0.05) is 11.3 Å². The lowest BCUT2D eigenvalue weighted by Gasteiger charge is -2.10. The molecule has 0 atom stereocenters. The van der Waals surface area contributed by atoms with Crippen LogP contribution in [0.25, 0.3) is 5.69 Å². The maximum absolute atomic E-state index is 13.3. The van der Waals surface area contributed by atoms with Gasteiger partial charge in [0.2, 0.25) is 0 Å². The molecule has 4 aromatic rings. The van der Waals surface area contributed by atoms with E-state index in [1.54, 1.807) is 41.0 Å². The van der Waals surface area contributed by atoms with Gasteiger partial charge in [-0.3, -0.25) is 14.4 Å². The third-order valence-electron chi connectivity index (χ3n) is 4.66. The van der Waals surface area contributed by atoms with Gasteiger partial charge in [-0.1, -0.05) is 48.5 Å². The number of aromatic nitrogens is 2. The van der Waals surface area contributed by atoms with Gasteiger partial charge in [-0.05, 0) is 42.0 Å². The molecule has 3 aromatic carbocycles. The van der Waals surface area contributed by atoms with Crippen LogP contribution in [0.5, 0.6) is 0 Å². The van der Waals surface area contributed by atoms with Crippen molar-refractivity contribution in [1.82, 2.24) is 14.9 Å². The van der Waals surface area contributed by atoms with Crippen molar-refractivity contribution in [2.45, 2.75) is 6.54 Å². The molecule has 0 aliphatic heterocycles. The van der Waals surface area contributed by atoms with E-state index in [1.807, 2.05) is 36.4 Å². The summed E-state index contributed by atoms with van der Waals surface area (Å²) in [5.74, 6) is -0.117. The number of hydrogen-bond donors (Lipinski definition) is 2. The zero-order valence-corrected chi connectivity index (χ0v) is 16.6. The minimum Gasteiger partial charge on any atom is -0.383 e. The van der Waals surface area contributed by atoms with Gasteiger partial charge in [-0.25, -0.2) is 9.37 Å². The highest BCUT2D eigenvalue weighted by Gasteiger charge is 2.18. The molecule has 154 valence electrons. The number of carbonyl (C=O) groups excluding carboxylic acids is 1. The smallest absolute Gasteiger partial charge is 0.256 e. The predicted molar refractivity (Wildman–Crippen MR) is 119 cm³/mol. The Morgan fingerprint density at radius 1 is 0.968 bits per heavy atom. The van der Waals surface area contributed by atoms with Crippen molar-refractivity contribution in [1.29, 1.82) is 0 Å². The minimum absolute atomic E-state index is 0.260. The van der Waals surface area contributed by atoms with Crippen molar-refractivity contribution in [3.63, 3.8) is 0 Å². The number of hydrogen-bond acceptors (Lipinski definition) is 4. The number of nitrogens with two attached hydrogens (primary N) is 1. The van der Waals surface area contributed by atoms with E-state index in [4.69, 9.17) is 5.73 Å². The quantitative estimate of drug-likeness (QED) is 0.383. The molecule has 0 saturated carbocycles. The van der Waals surface area contributed by atoms with E-state index < -0.39 is 0 Å². The van der Waals surface area contributed by atoms with Crippen LogP contribution >= 0.6 is 0 Å². The maximum Gasteiger partial charge on any atom is 0.256 e. The van der Waals surface area contributed by atoms with Gasteiger partial charge in [0.25, 0.3) is 5.91 Å². The van der Waals surface area contributed by atoms with E-state index in [1.165, 1.54) is 18.5 Å². The molecule has 0 saturated heterocycles. The standard InChI is InChI=1S/C24H20FN5O/c25-19-11-13-20(14-12-19)30-16-28-21(22(30)26)23(27-15-17-7-3-1-4-8-17)29-24(31)18-9-5-2-6-10-18/h1-14,16H,15,26H2,(H,27,29,31). The zero-order chi connectivity index (χ0) is 21.6. The van der Waals surface area contributed by atoms with Crippen LogP contribution in [0.15, 0.2) is 96.2 Å². The van der Waals surface area contributed by atoms with Crippen LogP contribution in [0.1, 0.15) is 21.6 Å². The second-order valence-electron chi connectivity index (χ2n) is 6.80. The number of benzene rings is 3. The van der Waals surface area contributed by atoms with Crippen molar-refractivity contribution >= 4 is 17.6 Å². The van der Waals surface area contributed by atoms with Crippen molar-refractivity contribution in [3.8, 4) is 5.69 Å². The summed E-state index contributed by atoms with van der Waals surface area (Å²) in [5, 5.41) is 2.83. The Bertz CT molecular complexity index is 1200. The first-order valence-electron chi connectivity index (χ1n) is 9.66. The van der Waals surface area contributed by atoms with Gasteiger partial charge in [-0.15, -0.1) is 0 Å². The lowest BCUT2D eigenvalue weighted by Crippen LogP contribution is -2.32. The summed E-state index contributed by atoms with van der Waals surface area (Å²) in [6.45, 7) is 0.341. The summed E-state index contributed by atoms with van der Waals surface area (Å²) in [6.07, 6.45) is 1.52. The van der Waals surface area contributed by atoms with E-state index in [-0.39, 0.29) is 23.4 Å². The molecule has 0 fully saturated rings. The van der Waals surface area contributed by atoms with Crippen molar-refractivity contribution in [2.75, 3.05) is 5.73 Å². The van der Waals surface area contributed by atoms with Crippen LogP contribution in [0.4, 0.5) is 10.2 Å². The molecule has 0 radical (unpaired) electrons. The molecule has 1 amide bonds. The number of anilines is 1. The highest BCUT2D eigenvalue weighted by molar-refractivity contribution is 6.13. The van der Waals surface area contributed by atoms with E-state index in [0.29, 0.717) is 23.5 Å². The van der Waals surface area contributed by atoms with Gasteiger partial charge < -0.3 is 11.1 Å². The number of nitrogens with one attached hydrogen (secondary N) is 1. The molecule has 0 bridgehead atoms. The van der Waals surface area contributed by atoms with Crippen molar-refractivity contribution in [2.24, 2.45) is 4.99 Å². The number of nitrogen functional groups attached to an aromatic ring is 1. The van der Waals surface area contributed by atoms with Crippen molar-refractivity contribution in [3.05, 3.63) is 114 Å². The summed E-state index contributed by atoms with van der Waals surface area (Å²) in [4.78, 5) is 21.7. The Balaban J connectivity index is 1.68. The maximum atomic E-state index is 13.3. The fourth-order valence-electron chi connectivity index (χ4n) is 3.04. The fraction of sp³-hybridized carbons (Fsp3) is 0.0417. The van der Waals surface area contributed by atoms with Crippen LogP contribution in [0.3, 0.4) is 0 Å². The van der Waals surface area contributed by atoms with Crippen LogP contribution < -0.4 is 11.1 Å². The van der Waals surface area contributed by atoms with E-state index in [2.05, 4.69) is 15.3 Å². The van der Waals surface area contributed by atoms with E-state index in [9.17, 15) is 9.18 Å². The molecular weight excluding hydrogens is 393 g/mol. The molecule has 0 unspecified atom stereocenters. The summed E-state index contributed by atoms with van der Waals surface area (Å²) in [5.41, 5.74) is 8.79. The first-order valence-corrected chi connectivity index (χ1v) is 9.66. The highest BCUT2D eigenvalue weighted by atomic mass is 19.1. The van der Waals surface area contributed by atoms with E-state index in [0.717, 1.165) is 5.56 Å². The molecule has 31 heavy (non-hydrogen) atoms. The number of amidine groups is 1. The summed E-state index contributed by atoms with van der Waals surface area (Å²) >= 11 is 0. The summed E-state index contributed by atoms with van der Waals surface area (Å²) in [7, 11) is 0. The Labute approximate surface area is 178 Å². The van der Waals surface area contributed by atoms with E-state index >= 15 is 0 Å². The molecule has 4 rings (SSSR count). The number of carbonyl (C=O) groups is 1. The predicted octanol–water partition coefficient (Wildman–Crippen LogP) is 3.97. The topological polar surface area (TPSA) is 85.3 Å². The largest absolute Gasteiger partial charge is 0.383 e. The first-order chi connectivity index (χ1) is 15.1. The van der Waals surface area contributed by atoms with Gasteiger partial charge >= 0.3 is 0 Å². The summed E-state index contributed by atoms with van der Waals surface area (Å²) in [6, 6.07) is 24.4. The molecule has 3 N–H and O–H groups in total. The zero-order valence-electron chi connectivity index (χ0n) is 16.6. The van der Waals surface area contributed by atoms with Crippen LogP contribution in [-0.2, 0) is 6.54 Å². The van der Waals surface area contributed by atoms with Crippen molar-refractivity contribution < 1.29 is 9.18 Å². The van der Waals surface area contributed by atoms with Crippen LogP contribution in [-0.4, -0.2) is 21.3 Å². The average Bonchev–Trinajstić information content (AvgIpc) is 3.19. The second kappa shape index (κ2) is 9.04. The second-order valence-corrected chi connectivity index (χ2v) is 6.80. The SMILES string of the molecule is Nc1c(C(=NCc2ccccc2)NC(=O)c2ccccc2)ncn1-c1ccc(F)cc1. The number of halogens is 1. The number of imidazole rings is 1. The van der Waals surface area contributed by atoms with Crippen LogP contribution in [0, 0.1) is 5.82 Å². The number of nitrogens with zero attached hydrogens (tertiary/aromatic N) is 3. The van der Waals surface area contributed by atoms with Gasteiger partial charge in [0.05, 0.1) is 6.54 Å². The number of aliphatic imine (C=N–C) groups is 1. The van der Waals surface area contributed by atoms with Crippen LogP contribution in [0.2, 0.25) is 0 Å². The Morgan fingerprint density at radius 2 is 1.61 bits per heavy atom. The Morgan fingerprint density at radius 3 is 2.29 bits per heavy atom. The summed E-state index contributed by atoms with van der Waals surface area (Å²) < 4.78 is 14.9. The van der Waals surface area contributed by atoms with Gasteiger partial charge in [0.1, 0.15) is 23.7 Å². The molecular formula is C24H20FN5O. The monoisotopic (exact) mass is 413 g/mol. The molecule has 7 heteroatoms. The molecule has 6 nitrogen and oxygen atoms in total. The third kappa shape index (κ3) is 4.67. The van der Waals surface area contributed by atoms with Gasteiger partial charge in [0.15, 0.2) is 5.84 Å². The molecule has 0 spiro atoms. The Hall–Kier alpha value is -4.26. The average molecular weight is 413 g/mol. The number of rotatable bonds is 5. The minimum atomic E-state index is -0.345. The normalized spacial score (nSPS) is 11.3. The third-order valence-corrected chi connectivity index (χ3v) is 4.66. The number of amides is 1. The lowest BCUT2D eigenvalue weighted by atomic mass is 10.2. The molecule has 0 aliphatic carbocycles.